The molecule has 0 aliphatic heterocycles. The number of benzene rings is 1. The fourth-order valence-electron chi connectivity index (χ4n) is 1.16. The van der Waals surface area contributed by atoms with Crippen molar-refractivity contribution in [3.8, 4) is 5.75 Å². The van der Waals surface area contributed by atoms with Gasteiger partial charge in [-0.1, -0.05) is 0 Å². The lowest BCUT2D eigenvalue weighted by atomic mass is 10.1. The van der Waals surface area contributed by atoms with Crippen molar-refractivity contribution in [1.29, 1.82) is 5.41 Å². The van der Waals surface area contributed by atoms with Gasteiger partial charge in [0.15, 0.2) is 0 Å². The zero-order valence-electron chi connectivity index (χ0n) is 7.87. The molecule has 0 aliphatic carbocycles. The fraction of sp³-hybridized carbons (Fsp3) is 0.200. The lowest BCUT2D eigenvalue weighted by Gasteiger charge is -2.09. The van der Waals surface area contributed by atoms with E-state index in [1.807, 2.05) is 0 Å². The minimum Gasteiger partial charge on any atom is -0.508 e. The van der Waals surface area contributed by atoms with Crippen LogP contribution in [0.15, 0.2) is 18.2 Å². The number of hydrogen-bond donors (Lipinski definition) is 3. The maximum Gasteiger partial charge on any atom is 0.139 e. The summed E-state index contributed by atoms with van der Waals surface area (Å²) in [5.41, 5.74) is 1.67. The van der Waals surface area contributed by atoms with Crippen LogP contribution in [0.25, 0.3) is 0 Å². The van der Waals surface area contributed by atoms with Crippen molar-refractivity contribution in [2.24, 2.45) is 0 Å². The van der Waals surface area contributed by atoms with Crippen LogP contribution in [0.1, 0.15) is 12.5 Å². The SMILES string of the molecule is CC(=N)c1ccc(O)cc1NCC=O. The third-order valence-electron chi connectivity index (χ3n) is 1.78. The van der Waals surface area contributed by atoms with Crippen molar-refractivity contribution < 1.29 is 9.90 Å². The molecule has 0 saturated carbocycles. The molecule has 0 aliphatic rings. The second kappa shape index (κ2) is 4.41. The molecule has 1 rings (SSSR count). The minimum absolute atomic E-state index is 0.114. The number of nitrogens with one attached hydrogen (secondary N) is 2. The van der Waals surface area contributed by atoms with E-state index in [1.165, 1.54) is 12.1 Å². The van der Waals surface area contributed by atoms with Gasteiger partial charge in [-0.05, 0) is 19.1 Å². The van der Waals surface area contributed by atoms with E-state index in [1.54, 1.807) is 13.0 Å². The number of anilines is 1. The van der Waals surface area contributed by atoms with Gasteiger partial charge in [0.05, 0.1) is 6.54 Å². The highest BCUT2D eigenvalue weighted by Gasteiger charge is 2.04. The summed E-state index contributed by atoms with van der Waals surface area (Å²) in [5.74, 6) is 0.114. The number of carbonyl (C=O) groups is 1. The molecule has 3 N–H and O–H groups in total. The molecule has 14 heavy (non-hydrogen) atoms. The molecule has 0 unspecified atom stereocenters. The summed E-state index contributed by atoms with van der Waals surface area (Å²) in [7, 11) is 0. The van der Waals surface area contributed by atoms with Crippen LogP contribution < -0.4 is 5.32 Å². The Kier molecular flexibility index (Phi) is 3.23. The minimum atomic E-state index is 0.114. The average Bonchev–Trinajstić information content (AvgIpc) is 2.14. The van der Waals surface area contributed by atoms with Crippen LogP contribution in [0.5, 0.6) is 5.75 Å². The van der Waals surface area contributed by atoms with Crippen LogP contribution in [0.3, 0.4) is 0 Å². The van der Waals surface area contributed by atoms with Crippen molar-refractivity contribution in [3.63, 3.8) is 0 Å². The Hall–Kier alpha value is -1.84. The zero-order chi connectivity index (χ0) is 10.6. The number of aldehydes is 1. The number of carbonyl (C=O) groups excluding carboxylic acids is 1. The Bertz CT molecular complexity index is 361. The molecule has 1 aromatic rings. The predicted molar refractivity (Wildman–Crippen MR) is 55.2 cm³/mol. The lowest BCUT2D eigenvalue weighted by molar-refractivity contribution is -0.106. The molecule has 0 aromatic heterocycles. The molecule has 74 valence electrons. The third kappa shape index (κ3) is 2.32. The van der Waals surface area contributed by atoms with Crippen LogP contribution in [-0.2, 0) is 4.79 Å². The van der Waals surface area contributed by atoms with Gasteiger partial charge in [-0.2, -0.15) is 0 Å². The topological polar surface area (TPSA) is 73.2 Å². The molecular formula is C10H12N2O2. The van der Waals surface area contributed by atoms with E-state index >= 15 is 0 Å². The van der Waals surface area contributed by atoms with E-state index < -0.39 is 0 Å². The number of aromatic hydroxyl groups is 1. The highest BCUT2D eigenvalue weighted by Crippen LogP contribution is 2.21. The Labute approximate surface area is 82.1 Å². The van der Waals surface area contributed by atoms with Crippen LogP contribution in [0, 0.1) is 5.41 Å². The first kappa shape index (κ1) is 10.2. The van der Waals surface area contributed by atoms with Crippen molar-refractivity contribution in [2.75, 3.05) is 11.9 Å². The molecule has 0 fully saturated rings. The monoisotopic (exact) mass is 192 g/mol. The quantitative estimate of drug-likeness (QED) is 0.498. The Morgan fingerprint density at radius 2 is 2.36 bits per heavy atom. The first-order valence-electron chi connectivity index (χ1n) is 4.21. The molecular weight excluding hydrogens is 180 g/mol. The summed E-state index contributed by atoms with van der Waals surface area (Å²) >= 11 is 0. The van der Waals surface area contributed by atoms with Crippen LogP contribution in [0.2, 0.25) is 0 Å². The lowest BCUT2D eigenvalue weighted by Crippen LogP contribution is -2.06. The third-order valence-corrected chi connectivity index (χ3v) is 1.78. The summed E-state index contributed by atoms with van der Waals surface area (Å²) in [6.07, 6.45) is 0.729. The van der Waals surface area contributed by atoms with Gasteiger partial charge in [-0.15, -0.1) is 0 Å². The standard InChI is InChI=1S/C10H12N2O2/c1-7(11)9-3-2-8(14)6-10(9)12-4-5-13/h2-3,5-6,11-12,14H,4H2,1H3. The Morgan fingerprint density at radius 1 is 1.64 bits per heavy atom. The highest BCUT2D eigenvalue weighted by atomic mass is 16.3. The molecule has 4 heteroatoms. The summed E-state index contributed by atoms with van der Waals surface area (Å²) < 4.78 is 0. The average molecular weight is 192 g/mol. The molecule has 1 aromatic carbocycles. The van der Waals surface area contributed by atoms with E-state index in [0.29, 0.717) is 17.0 Å². The van der Waals surface area contributed by atoms with Crippen molar-refractivity contribution in [1.82, 2.24) is 0 Å². The van der Waals surface area contributed by atoms with Crippen molar-refractivity contribution >= 4 is 17.7 Å². The largest absolute Gasteiger partial charge is 0.508 e. The maximum absolute atomic E-state index is 10.2. The molecule has 0 bridgehead atoms. The number of rotatable bonds is 4. The van der Waals surface area contributed by atoms with Gasteiger partial charge in [-0.25, -0.2) is 0 Å². The zero-order valence-corrected chi connectivity index (χ0v) is 7.87. The van der Waals surface area contributed by atoms with Gasteiger partial charge in [0.1, 0.15) is 12.0 Å². The first-order valence-corrected chi connectivity index (χ1v) is 4.21. The number of phenolic OH excluding ortho intramolecular Hbond substituents is 1. The van der Waals surface area contributed by atoms with Gasteiger partial charge in [-0.3, -0.25) is 0 Å². The van der Waals surface area contributed by atoms with Crippen LogP contribution >= 0.6 is 0 Å². The molecule has 0 radical (unpaired) electrons. The summed E-state index contributed by atoms with van der Waals surface area (Å²) in [4.78, 5) is 10.2. The van der Waals surface area contributed by atoms with Gasteiger partial charge in [0.2, 0.25) is 0 Å². The van der Waals surface area contributed by atoms with E-state index in [9.17, 15) is 9.90 Å². The Balaban J connectivity index is 3.02. The Morgan fingerprint density at radius 3 is 2.93 bits per heavy atom. The summed E-state index contributed by atoms with van der Waals surface area (Å²) in [6, 6.07) is 4.65. The molecule has 0 spiro atoms. The normalized spacial score (nSPS) is 9.50. The van der Waals surface area contributed by atoms with E-state index in [-0.39, 0.29) is 12.3 Å². The number of hydrogen-bond acceptors (Lipinski definition) is 4. The maximum atomic E-state index is 10.2. The van der Waals surface area contributed by atoms with E-state index in [4.69, 9.17) is 5.41 Å². The first-order chi connectivity index (χ1) is 6.65. The number of phenols is 1. The van der Waals surface area contributed by atoms with Gasteiger partial charge >= 0.3 is 0 Å². The fourth-order valence-corrected chi connectivity index (χ4v) is 1.16. The molecule has 0 amide bonds. The molecule has 0 saturated heterocycles. The highest BCUT2D eigenvalue weighted by molar-refractivity contribution is 6.01. The molecule has 4 nitrogen and oxygen atoms in total. The van der Waals surface area contributed by atoms with E-state index in [0.717, 1.165) is 6.29 Å². The van der Waals surface area contributed by atoms with Crippen LogP contribution in [0.4, 0.5) is 5.69 Å². The van der Waals surface area contributed by atoms with Gasteiger partial charge in [0.25, 0.3) is 0 Å². The summed E-state index contributed by atoms with van der Waals surface area (Å²) in [5, 5.41) is 19.5. The predicted octanol–water partition coefficient (Wildman–Crippen LogP) is 1.39. The summed E-state index contributed by atoms with van der Waals surface area (Å²) in [6.45, 7) is 1.82. The second-order valence-electron chi connectivity index (χ2n) is 2.90. The van der Waals surface area contributed by atoms with Crippen molar-refractivity contribution in [3.05, 3.63) is 23.8 Å². The van der Waals surface area contributed by atoms with E-state index in [2.05, 4.69) is 5.32 Å². The van der Waals surface area contributed by atoms with Gasteiger partial charge in [0, 0.05) is 23.0 Å². The van der Waals surface area contributed by atoms with Crippen LogP contribution in [-0.4, -0.2) is 23.6 Å². The van der Waals surface area contributed by atoms with Gasteiger partial charge < -0.3 is 20.6 Å². The van der Waals surface area contributed by atoms with Crippen molar-refractivity contribution in [2.45, 2.75) is 6.92 Å². The second-order valence-corrected chi connectivity index (χ2v) is 2.90. The smallest absolute Gasteiger partial charge is 0.139 e. The molecule has 0 atom stereocenters. The molecule has 0 heterocycles.